The van der Waals surface area contributed by atoms with E-state index in [4.69, 9.17) is 0 Å². The van der Waals surface area contributed by atoms with E-state index in [-0.39, 0.29) is 5.91 Å². The number of rotatable bonds is 3. The van der Waals surface area contributed by atoms with Crippen molar-refractivity contribution in [2.45, 2.75) is 34.6 Å². The average Bonchev–Trinajstić information content (AvgIpc) is 2.93. The van der Waals surface area contributed by atoms with E-state index in [0.29, 0.717) is 11.4 Å². The molecular weight excluding hydrogens is 312 g/mol. The Morgan fingerprint density at radius 1 is 0.960 bits per heavy atom. The van der Waals surface area contributed by atoms with Crippen LogP contribution < -0.4 is 5.32 Å². The van der Waals surface area contributed by atoms with Gasteiger partial charge in [-0.3, -0.25) is 4.79 Å². The van der Waals surface area contributed by atoms with Crippen molar-refractivity contribution in [3.63, 3.8) is 0 Å². The average molecular weight is 334 g/mol. The molecule has 1 aromatic heterocycles. The SMILES string of the molecule is Cc1ccc(-n2nc(C)c(C(=O)Nc3cccc(C)c3C)n2)c(C)c1. The number of amides is 1. The van der Waals surface area contributed by atoms with Crippen LogP contribution in [0, 0.1) is 34.6 Å². The number of aromatic nitrogens is 3. The van der Waals surface area contributed by atoms with Crippen molar-refractivity contribution in [1.82, 2.24) is 15.0 Å². The smallest absolute Gasteiger partial charge is 0.278 e. The van der Waals surface area contributed by atoms with Crippen LogP contribution in [0.4, 0.5) is 5.69 Å². The summed E-state index contributed by atoms with van der Waals surface area (Å²) in [7, 11) is 0. The summed E-state index contributed by atoms with van der Waals surface area (Å²) in [6.07, 6.45) is 0. The highest BCUT2D eigenvalue weighted by atomic mass is 16.2. The Hall–Kier alpha value is -2.95. The largest absolute Gasteiger partial charge is 0.320 e. The fourth-order valence-electron chi connectivity index (χ4n) is 2.79. The van der Waals surface area contributed by atoms with Gasteiger partial charge < -0.3 is 5.32 Å². The van der Waals surface area contributed by atoms with Crippen LogP contribution in [0.5, 0.6) is 0 Å². The lowest BCUT2D eigenvalue weighted by Gasteiger charge is -2.09. The number of carbonyl (C=O) groups excluding carboxylic acids is 1. The van der Waals surface area contributed by atoms with Crippen molar-refractivity contribution >= 4 is 11.6 Å². The minimum Gasteiger partial charge on any atom is -0.320 e. The maximum atomic E-state index is 12.7. The van der Waals surface area contributed by atoms with Crippen LogP contribution >= 0.6 is 0 Å². The molecule has 2 aromatic carbocycles. The second-order valence-electron chi connectivity index (χ2n) is 6.41. The van der Waals surface area contributed by atoms with Gasteiger partial charge in [0.05, 0.1) is 11.4 Å². The van der Waals surface area contributed by atoms with E-state index in [0.717, 1.165) is 28.1 Å². The van der Waals surface area contributed by atoms with Gasteiger partial charge in [-0.2, -0.15) is 9.90 Å². The molecule has 5 heteroatoms. The molecule has 5 nitrogen and oxygen atoms in total. The summed E-state index contributed by atoms with van der Waals surface area (Å²) >= 11 is 0. The van der Waals surface area contributed by atoms with E-state index >= 15 is 0 Å². The molecule has 0 aliphatic heterocycles. The zero-order valence-corrected chi connectivity index (χ0v) is 15.2. The van der Waals surface area contributed by atoms with Gasteiger partial charge in [0, 0.05) is 5.69 Å². The van der Waals surface area contributed by atoms with Crippen LogP contribution in [0.1, 0.15) is 38.4 Å². The molecule has 25 heavy (non-hydrogen) atoms. The number of carbonyl (C=O) groups is 1. The highest BCUT2D eigenvalue weighted by molar-refractivity contribution is 6.04. The lowest BCUT2D eigenvalue weighted by molar-refractivity contribution is 0.102. The maximum absolute atomic E-state index is 12.7. The molecule has 1 N–H and O–H groups in total. The number of hydrogen-bond acceptors (Lipinski definition) is 3. The third-order valence-electron chi connectivity index (χ3n) is 4.42. The molecule has 0 unspecified atom stereocenters. The van der Waals surface area contributed by atoms with Crippen molar-refractivity contribution in [2.75, 3.05) is 5.32 Å². The Labute approximate surface area is 147 Å². The van der Waals surface area contributed by atoms with Gasteiger partial charge in [0.2, 0.25) is 0 Å². The van der Waals surface area contributed by atoms with E-state index in [1.165, 1.54) is 10.4 Å². The lowest BCUT2D eigenvalue weighted by Crippen LogP contribution is -2.15. The topological polar surface area (TPSA) is 59.8 Å². The standard InChI is InChI=1S/C20H22N4O/c1-12-9-10-18(14(3)11-12)24-22-16(5)19(23-24)20(25)21-17-8-6-7-13(2)15(17)4/h6-11H,1-5H3,(H,21,25). The molecule has 1 amide bonds. The summed E-state index contributed by atoms with van der Waals surface area (Å²) in [4.78, 5) is 14.2. The highest BCUT2D eigenvalue weighted by Crippen LogP contribution is 2.20. The molecule has 0 saturated carbocycles. The summed E-state index contributed by atoms with van der Waals surface area (Å²) in [6, 6.07) is 11.9. The second-order valence-corrected chi connectivity index (χ2v) is 6.41. The summed E-state index contributed by atoms with van der Waals surface area (Å²) in [6.45, 7) is 9.86. The Morgan fingerprint density at radius 3 is 2.44 bits per heavy atom. The normalized spacial score (nSPS) is 10.8. The molecule has 0 saturated heterocycles. The van der Waals surface area contributed by atoms with Gasteiger partial charge in [-0.15, -0.1) is 5.10 Å². The number of aryl methyl sites for hydroxylation is 4. The maximum Gasteiger partial charge on any atom is 0.278 e. The Bertz CT molecular complexity index is 956. The molecule has 128 valence electrons. The molecule has 0 radical (unpaired) electrons. The van der Waals surface area contributed by atoms with Crippen molar-refractivity contribution in [2.24, 2.45) is 0 Å². The van der Waals surface area contributed by atoms with Crippen molar-refractivity contribution in [3.8, 4) is 5.69 Å². The predicted molar refractivity (Wildman–Crippen MR) is 99.4 cm³/mol. The number of anilines is 1. The van der Waals surface area contributed by atoms with Crippen LogP contribution in [0.2, 0.25) is 0 Å². The molecule has 0 fully saturated rings. The van der Waals surface area contributed by atoms with E-state index in [2.05, 4.69) is 21.6 Å². The van der Waals surface area contributed by atoms with Crippen molar-refractivity contribution in [1.29, 1.82) is 0 Å². The zero-order valence-electron chi connectivity index (χ0n) is 15.2. The molecule has 0 atom stereocenters. The van der Waals surface area contributed by atoms with Crippen molar-refractivity contribution < 1.29 is 4.79 Å². The van der Waals surface area contributed by atoms with E-state index < -0.39 is 0 Å². The van der Waals surface area contributed by atoms with Crippen LogP contribution in [0.3, 0.4) is 0 Å². The highest BCUT2D eigenvalue weighted by Gasteiger charge is 2.18. The zero-order chi connectivity index (χ0) is 18.1. The van der Waals surface area contributed by atoms with Gasteiger partial charge in [-0.05, 0) is 63.4 Å². The molecule has 0 aliphatic rings. The van der Waals surface area contributed by atoms with Gasteiger partial charge in [0.1, 0.15) is 0 Å². The predicted octanol–water partition coefficient (Wildman–Crippen LogP) is 4.06. The summed E-state index contributed by atoms with van der Waals surface area (Å²) in [5, 5.41) is 11.8. The summed E-state index contributed by atoms with van der Waals surface area (Å²) in [5.41, 5.74) is 7.03. The van der Waals surface area contributed by atoms with Gasteiger partial charge in [-0.25, -0.2) is 0 Å². The minimum absolute atomic E-state index is 0.248. The van der Waals surface area contributed by atoms with Crippen LogP contribution in [-0.2, 0) is 0 Å². The fraction of sp³-hybridized carbons (Fsp3) is 0.250. The Balaban J connectivity index is 1.92. The molecule has 0 bridgehead atoms. The first kappa shape index (κ1) is 16.9. The van der Waals surface area contributed by atoms with E-state index in [1.807, 2.05) is 58.0 Å². The fourth-order valence-corrected chi connectivity index (χ4v) is 2.79. The van der Waals surface area contributed by atoms with Crippen molar-refractivity contribution in [3.05, 3.63) is 70.0 Å². The molecule has 3 aromatic rings. The Morgan fingerprint density at radius 2 is 1.72 bits per heavy atom. The lowest BCUT2D eigenvalue weighted by atomic mass is 10.1. The molecular formula is C20H22N4O. The first-order valence-electron chi connectivity index (χ1n) is 8.26. The van der Waals surface area contributed by atoms with Crippen LogP contribution in [0.15, 0.2) is 36.4 Å². The second kappa shape index (κ2) is 6.51. The van der Waals surface area contributed by atoms with Crippen LogP contribution in [0.25, 0.3) is 5.69 Å². The number of nitrogens with one attached hydrogen (secondary N) is 1. The van der Waals surface area contributed by atoms with E-state index in [1.54, 1.807) is 6.92 Å². The number of hydrogen-bond donors (Lipinski definition) is 1. The Kier molecular flexibility index (Phi) is 4.40. The third-order valence-corrected chi connectivity index (χ3v) is 4.42. The molecule has 3 rings (SSSR count). The summed E-state index contributed by atoms with van der Waals surface area (Å²) < 4.78 is 0. The minimum atomic E-state index is -0.248. The van der Waals surface area contributed by atoms with Gasteiger partial charge in [0.25, 0.3) is 5.91 Å². The molecule has 0 spiro atoms. The van der Waals surface area contributed by atoms with Gasteiger partial charge in [0.15, 0.2) is 5.69 Å². The van der Waals surface area contributed by atoms with E-state index in [9.17, 15) is 4.79 Å². The molecule has 0 aliphatic carbocycles. The quantitative estimate of drug-likeness (QED) is 0.786. The first-order chi connectivity index (χ1) is 11.9. The van der Waals surface area contributed by atoms with Gasteiger partial charge >= 0.3 is 0 Å². The number of nitrogens with zero attached hydrogens (tertiary/aromatic N) is 3. The molecule has 1 heterocycles. The summed E-state index contributed by atoms with van der Waals surface area (Å²) in [5.74, 6) is -0.248. The monoisotopic (exact) mass is 334 g/mol. The first-order valence-corrected chi connectivity index (χ1v) is 8.26. The van der Waals surface area contributed by atoms with Gasteiger partial charge in [-0.1, -0.05) is 29.8 Å². The van der Waals surface area contributed by atoms with Crippen LogP contribution in [-0.4, -0.2) is 20.9 Å². The number of benzene rings is 2. The third kappa shape index (κ3) is 3.31.